The number of benzene rings is 1. The number of aliphatic carboxylic acids is 1. The summed E-state index contributed by atoms with van der Waals surface area (Å²) < 4.78 is 5.38. The number of fused-ring (bicyclic) bond motifs is 1. The number of hydrogen-bond donors (Lipinski definition) is 2. The Labute approximate surface area is 105 Å². The van der Waals surface area contributed by atoms with Crippen LogP contribution in [0, 0.1) is 0 Å². The first kappa shape index (κ1) is 12.4. The molecule has 0 aliphatic carbocycles. The lowest BCUT2D eigenvalue weighted by molar-refractivity contribution is -0.141. The van der Waals surface area contributed by atoms with Gasteiger partial charge >= 0.3 is 5.97 Å². The monoisotopic (exact) mass is 249 g/mol. The Bertz CT molecular complexity index is 484. The van der Waals surface area contributed by atoms with Crippen LogP contribution < -0.4 is 10.1 Å². The van der Waals surface area contributed by atoms with E-state index in [4.69, 9.17) is 9.84 Å². The van der Waals surface area contributed by atoms with Gasteiger partial charge in [-0.1, -0.05) is 12.1 Å². The standard InChI is InChI=1S/C13H15NO4/c1-8(15)14-11(13(16)17)7-9-2-3-12-10(6-9)4-5-18-12/h2-3,6,11H,4-5,7H2,1H3,(H,14,15)(H,16,17). The number of nitrogens with one attached hydrogen (secondary N) is 1. The predicted octanol–water partition coefficient (Wildman–Crippen LogP) is 0.753. The van der Waals surface area contributed by atoms with E-state index in [0.29, 0.717) is 6.61 Å². The van der Waals surface area contributed by atoms with Crippen molar-refractivity contribution in [3.8, 4) is 5.75 Å². The molecule has 0 bridgehead atoms. The quantitative estimate of drug-likeness (QED) is 0.825. The van der Waals surface area contributed by atoms with Gasteiger partial charge in [-0.15, -0.1) is 0 Å². The van der Waals surface area contributed by atoms with Crippen molar-refractivity contribution in [1.29, 1.82) is 0 Å². The van der Waals surface area contributed by atoms with Gasteiger partial charge in [0.2, 0.25) is 5.91 Å². The predicted molar refractivity (Wildman–Crippen MR) is 64.6 cm³/mol. The maximum Gasteiger partial charge on any atom is 0.326 e. The van der Waals surface area contributed by atoms with Crippen LogP contribution in [0.3, 0.4) is 0 Å². The Kier molecular flexibility index (Phi) is 3.50. The Morgan fingerprint density at radius 2 is 2.28 bits per heavy atom. The summed E-state index contributed by atoms with van der Waals surface area (Å²) >= 11 is 0. The third-order valence-corrected chi connectivity index (χ3v) is 2.87. The Morgan fingerprint density at radius 3 is 2.94 bits per heavy atom. The molecule has 18 heavy (non-hydrogen) atoms. The zero-order valence-corrected chi connectivity index (χ0v) is 10.1. The minimum Gasteiger partial charge on any atom is -0.493 e. The lowest BCUT2D eigenvalue weighted by Gasteiger charge is -2.13. The molecule has 1 amide bonds. The SMILES string of the molecule is CC(=O)NC(Cc1ccc2c(c1)CCO2)C(=O)O. The van der Waals surface area contributed by atoms with E-state index >= 15 is 0 Å². The fourth-order valence-corrected chi connectivity index (χ4v) is 2.05. The molecule has 0 aromatic heterocycles. The van der Waals surface area contributed by atoms with Gasteiger partial charge in [0.05, 0.1) is 6.61 Å². The average Bonchev–Trinajstić information content (AvgIpc) is 2.74. The number of amides is 1. The first-order valence-electron chi connectivity index (χ1n) is 5.81. The molecule has 2 N–H and O–H groups in total. The van der Waals surface area contributed by atoms with Crippen LogP contribution in [0.1, 0.15) is 18.1 Å². The van der Waals surface area contributed by atoms with Gasteiger partial charge in [-0.25, -0.2) is 4.79 Å². The molecule has 1 aliphatic heterocycles. The van der Waals surface area contributed by atoms with Gasteiger partial charge in [-0.3, -0.25) is 4.79 Å². The van der Waals surface area contributed by atoms with E-state index in [1.165, 1.54) is 6.92 Å². The number of ether oxygens (including phenoxy) is 1. The van der Waals surface area contributed by atoms with Gasteiger partial charge in [0.1, 0.15) is 11.8 Å². The average molecular weight is 249 g/mol. The molecular formula is C13H15NO4. The second kappa shape index (κ2) is 5.08. The van der Waals surface area contributed by atoms with Crippen LogP contribution in [0.2, 0.25) is 0 Å². The van der Waals surface area contributed by atoms with Crippen LogP contribution in [0.15, 0.2) is 18.2 Å². The topological polar surface area (TPSA) is 75.6 Å². The summed E-state index contributed by atoms with van der Waals surface area (Å²) in [5.74, 6) is -0.501. The van der Waals surface area contributed by atoms with Crippen molar-refractivity contribution in [2.45, 2.75) is 25.8 Å². The van der Waals surface area contributed by atoms with Crippen molar-refractivity contribution in [2.75, 3.05) is 6.61 Å². The molecule has 2 rings (SSSR count). The number of carbonyl (C=O) groups excluding carboxylic acids is 1. The highest BCUT2D eigenvalue weighted by molar-refractivity contribution is 5.82. The summed E-state index contributed by atoms with van der Waals surface area (Å²) in [7, 11) is 0. The fraction of sp³-hybridized carbons (Fsp3) is 0.385. The molecule has 1 aromatic rings. The number of carbonyl (C=O) groups is 2. The molecule has 1 unspecified atom stereocenters. The van der Waals surface area contributed by atoms with E-state index in [0.717, 1.165) is 23.3 Å². The number of hydrogen-bond acceptors (Lipinski definition) is 3. The smallest absolute Gasteiger partial charge is 0.326 e. The molecule has 0 radical (unpaired) electrons. The molecule has 0 saturated heterocycles. The second-order valence-electron chi connectivity index (χ2n) is 4.34. The van der Waals surface area contributed by atoms with Crippen molar-refractivity contribution in [3.05, 3.63) is 29.3 Å². The molecule has 5 nitrogen and oxygen atoms in total. The summed E-state index contributed by atoms with van der Waals surface area (Å²) in [5.41, 5.74) is 1.99. The van der Waals surface area contributed by atoms with E-state index in [2.05, 4.69) is 5.32 Å². The number of carboxylic acids is 1. The van der Waals surface area contributed by atoms with Crippen LogP contribution in [0.5, 0.6) is 5.75 Å². The first-order chi connectivity index (χ1) is 8.56. The van der Waals surface area contributed by atoms with Gasteiger partial charge in [0.15, 0.2) is 0 Å². The van der Waals surface area contributed by atoms with E-state index in [9.17, 15) is 9.59 Å². The van der Waals surface area contributed by atoms with Crippen LogP contribution in [-0.4, -0.2) is 29.6 Å². The third kappa shape index (κ3) is 2.80. The van der Waals surface area contributed by atoms with Gasteiger partial charge in [-0.05, 0) is 17.2 Å². The van der Waals surface area contributed by atoms with Crippen molar-refractivity contribution < 1.29 is 19.4 Å². The summed E-state index contributed by atoms with van der Waals surface area (Å²) in [5, 5.41) is 11.5. The third-order valence-electron chi connectivity index (χ3n) is 2.87. The highest BCUT2D eigenvalue weighted by atomic mass is 16.5. The number of rotatable bonds is 4. The maximum atomic E-state index is 11.0. The van der Waals surface area contributed by atoms with Crippen LogP contribution >= 0.6 is 0 Å². The van der Waals surface area contributed by atoms with E-state index < -0.39 is 12.0 Å². The van der Waals surface area contributed by atoms with Crippen LogP contribution in [-0.2, 0) is 22.4 Å². The minimum atomic E-state index is -1.03. The van der Waals surface area contributed by atoms with Crippen molar-refractivity contribution in [1.82, 2.24) is 5.32 Å². The molecule has 1 aromatic carbocycles. The summed E-state index contributed by atoms with van der Waals surface area (Å²) in [6.45, 7) is 1.99. The van der Waals surface area contributed by atoms with E-state index in [-0.39, 0.29) is 12.3 Å². The first-order valence-corrected chi connectivity index (χ1v) is 5.81. The van der Waals surface area contributed by atoms with E-state index in [1.807, 2.05) is 18.2 Å². The summed E-state index contributed by atoms with van der Waals surface area (Å²) in [6.07, 6.45) is 1.13. The van der Waals surface area contributed by atoms with Crippen LogP contribution in [0.4, 0.5) is 0 Å². The molecule has 5 heteroatoms. The zero-order chi connectivity index (χ0) is 13.1. The van der Waals surface area contributed by atoms with Gasteiger partial charge < -0.3 is 15.2 Å². The maximum absolute atomic E-state index is 11.0. The minimum absolute atomic E-state index is 0.280. The molecule has 1 atom stereocenters. The van der Waals surface area contributed by atoms with Gasteiger partial charge in [0, 0.05) is 19.8 Å². The second-order valence-corrected chi connectivity index (χ2v) is 4.34. The Morgan fingerprint density at radius 1 is 1.50 bits per heavy atom. The Hall–Kier alpha value is -2.04. The molecule has 0 saturated carbocycles. The molecule has 0 fully saturated rings. The normalized spacial score (nSPS) is 14.5. The molecule has 1 aliphatic rings. The van der Waals surface area contributed by atoms with Crippen molar-refractivity contribution in [2.24, 2.45) is 0 Å². The molecule has 0 spiro atoms. The lowest BCUT2D eigenvalue weighted by Crippen LogP contribution is -2.41. The fourth-order valence-electron chi connectivity index (χ4n) is 2.05. The molecule has 96 valence electrons. The highest BCUT2D eigenvalue weighted by Gasteiger charge is 2.20. The van der Waals surface area contributed by atoms with Crippen molar-refractivity contribution >= 4 is 11.9 Å². The highest BCUT2D eigenvalue weighted by Crippen LogP contribution is 2.26. The van der Waals surface area contributed by atoms with Gasteiger partial charge in [-0.2, -0.15) is 0 Å². The largest absolute Gasteiger partial charge is 0.493 e. The van der Waals surface area contributed by atoms with Crippen LogP contribution in [0.25, 0.3) is 0 Å². The molecule has 1 heterocycles. The zero-order valence-electron chi connectivity index (χ0n) is 10.1. The summed E-state index contributed by atoms with van der Waals surface area (Å²) in [4.78, 5) is 22.0. The Balaban J connectivity index is 2.11. The number of carboxylic acid groups (broad SMARTS) is 1. The van der Waals surface area contributed by atoms with Gasteiger partial charge in [0.25, 0.3) is 0 Å². The van der Waals surface area contributed by atoms with Crippen molar-refractivity contribution in [3.63, 3.8) is 0 Å². The summed E-state index contributed by atoms with van der Waals surface area (Å²) in [6, 6.07) is 4.75. The van der Waals surface area contributed by atoms with E-state index in [1.54, 1.807) is 0 Å². The lowest BCUT2D eigenvalue weighted by atomic mass is 10.0. The molecular weight excluding hydrogens is 234 g/mol.